The van der Waals surface area contributed by atoms with Crippen molar-refractivity contribution in [1.29, 1.82) is 0 Å². The molecule has 0 aliphatic heterocycles. The van der Waals surface area contributed by atoms with E-state index in [2.05, 4.69) is 180 Å². The first-order valence-corrected chi connectivity index (χ1v) is 16.5. The summed E-state index contributed by atoms with van der Waals surface area (Å²) in [5, 5.41) is 5.10. The van der Waals surface area contributed by atoms with Crippen LogP contribution in [0.1, 0.15) is 0 Å². The van der Waals surface area contributed by atoms with Crippen LogP contribution < -0.4 is 0 Å². The Balaban J connectivity index is 1.33. The molecule has 0 unspecified atom stereocenters. The maximum Gasteiger partial charge on any atom is 0.0547 e. The van der Waals surface area contributed by atoms with Gasteiger partial charge in [-0.05, 0) is 46.5 Å². The third kappa shape index (κ3) is 4.30. The van der Waals surface area contributed by atoms with E-state index >= 15 is 0 Å². The Bertz CT molecular complexity index is 2460. The van der Waals surface area contributed by atoms with Crippen molar-refractivity contribution in [2.75, 3.05) is 0 Å². The molecule has 9 aromatic rings. The SMILES string of the molecule is c1ccc(-c2cccc(-c3sc(-c4cccc(-n5c6ccccc6c6ccccc65)c4-c4ccccc4)c4ccccc34)c2)cc1. The Labute approximate surface area is 272 Å². The Kier molecular flexibility index (Phi) is 6.40. The molecule has 0 radical (unpaired) electrons. The van der Waals surface area contributed by atoms with Crippen LogP contribution in [0.4, 0.5) is 0 Å². The summed E-state index contributed by atoms with van der Waals surface area (Å²) in [6, 6.07) is 63.8. The van der Waals surface area contributed by atoms with Crippen LogP contribution in [0.3, 0.4) is 0 Å². The highest BCUT2D eigenvalue weighted by Crippen LogP contribution is 2.49. The van der Waals surface area contributed by atoms with Crippen molar-refractivity contribution in [1.82, 2.24) is 4.57 Å². The van der Waals surface area contributed by atoms with E-state index in [4.69, 9.17) is 0 Å². The van der Waals surface area contributed by atoms with E-state index in [0.29, 0.717) is 0 Å². The molecule has 9 rings (SSSR count). The zero-order valence-electron chi connectivity index (χ0n) is 25.1. The minimum atomic E-state index is 1.19. The molecule has 2 heterocycles. The number of para-hydroxylation sites is 2. The Morgan fingerprint density at radius 3 is 1.52 bits per heavy atom. The standard InChI is InChI=1S/C44H29NS/c1-3-15-30(16-4-1)32-19-13-20-33(29-32)43-36-23-7-8-24-37(36)44(46-43)38-25-14-28-41(42(38)31-17-5-2-6-18-31)45-39-26-11-9-21-34(39)35-22-10-12-27-40(35)45/h1-29H. The van der Waals surface area contributed by atoms with Gasteiger partial charge in [-0.2, -0.15) is 0 Å². The molecule has 0 atom stereocenters. The topological polar surface area (TPSA) is 4.93 Å². The van der Waals surface area contributed by atoms with E-state index < -0.39 is 0 Å². The van der Waals surface area contributed by atoms with Crippen LogP contribution in [0.5, 0.6) is 0 Å². The first kappa shape index (κ1) is 26.7. The minimum absolute atomic E-state index is 1.19. The summed E-state index contributed by atoms with van der Waals surface area (Å²) in [5.41, 5.74) is 11.0. The summed E-state index contributed by atoms with van der Waals surface area (Å²) in [7, 11) is 0. The summed E-state index contributed by atoms with van der Waals surface area (Å²) < 4.78 is 2.45. The zero-order valence-corrected chi connectivity index (χ0v) is 25.9. The summed E-state index contributed by atoms with van der Waals surface area (Å²) in [4.78, 5) is 2.59. The van der Waals surface area contributed by atoms with E-state index in [-0.39, 0.29) is 0 Å². The molecule has 0 aliphatic rings. The second-order valence-corrected chi connectivity index (χ2v) is 12.7. The number of fused-ring (bicyclic) bond motifs is 4. The van der Waals surface area contributed by atoms with Crippen LogP contribution >= 0.6 is 11.3 Å². The van der Waals surface area contributed by atoms with E-state index in [9.17, 15) is 0 Å². The molecule has 1 nitrogen and oxygen atoms in total. The van der Waals surface area contributed by atoms with Crippen LogP contribution in [0, 0.1) is 0 Å². The van der Waals surface area contributed by atoms with Gasteiger partial charge >= 0.3 is 0 Å². The van der Waals surface area contributed by atoms with Gasteiger partial charge in [0.15, 0.2) is 0 Å². The number of hydrogen-bond acceptors (Lipinski definition) is 1. The first-order chi connectivity index (χ1) is 22.8. The van der Waals surface area contributed by atoms with Gasteiger partial charge < -0.3 is 4.57 Å². The highest BCUT2D eigenvalue weighted by atomic mass is 32.1. The fourth-order valence-electron chi connectivity index (χ4n) is 6.98. The number of hydrogen-bond donors (Lipinski definition) is 0. The van der Waals surface area contributed by atoms with Gasteiger partial charge in [0.25, 0.3) is 0 Å². The van der Waals surface area contributed by atoms with Gasteiger partial charge in [-0.1, -0.05) is 152 Å². The second-order valence-electron chi connectivity index (χ2n) is 11.7. The average molecular weight is 604 g/mol. The molecule has 0 bridgehead atoms. The summed E-state index contributed by atoms with van der Waals surface area (Å²) in [5.74, 6) is 0. The quantitative estimate of drug-likeness (QED) is 0.184. The molecule has 0 spiro atoms. The lowest BCUT2D eigenvalue weighted by Gasteiger charge is -2.18. The van der Waals surface area contributed by atoms with E-state index in [1.165, 1.54) is 81.4 Å². The van der Waals surface area contributed by atoms with E-state index in [0.717, 1.165) is 0 Å². The first-order valence-electron chi connectivity index (χ1n) is 15.7. The van der Waals surface area contributed by atoms with Gasteiger partial charge in [-0.25, -0.2) is 0 Å². The molecule has 0 saturated carbocycles. The third-order valence-electron chi connectivity index (χ3n) is 9.02. The number of nitrogens with zero attached hydrogens (tertiary/aromatic N) is 1. The largest absolute Gasteiger partial charge is 0.309 e. The van der Waals surface area contributed by atoms with Crippen molar-refractivity contribution >= 4 is 43.9 Å². The van der Waals surface area contributed by atoms with Gasteiger partial charge in [-0.3, -0.25) is 0 Å². The Morgan fingerprint density at radius 2 is 0.848 bits per heavy atom. The number of aromatic nitrogens is 1. The fraction of sp³-hybridized carbons (Fsp3) is 0. The molecule has 0 amide bonds. The summed E-state index contributed by atoms with van der Waals surface area (Å²) in [6.45, 7) is 0. The molecular formula is C44H29NS. The van der Waals surface area contributed by atoms with Gasteiger partial charge in [0, 0.05) is 42.4 Å². The molecule has 216 valence electrons. The van der Waals surface area contributed by atoms with Gasteiger partial charge in [0.05, 0.1) is 16.7 Å². The van der Waals surface area contributed by atoms with Crippen LogP contribution in [0.2, 0.25) is 0 Å². The molecule has 46 heavy (non-hydrogen) atoms. The average Bonchev–Trinajstić information content (AvgIpc) is 3.69. The predicted molar refractivity (Wildman–Crippen MR) is 198 cm³/mol. The summed E-state index contributed by atoms with van der Waals surface area (Å²) in [6.07, 6.45) is 0. The van der Waals surface area contributed by atoms with E-state index in [1.54, 1.807) is 0 Å². The van der Waals surface area contributed by atoms with Crippen LogP contribution in [0.25, 0.3) is 81.4 Å². The molecule has 0 saturated heterocycles. The van der Waals surface area contributed by atoms with Crippen molar-refractivity contribution in [2.24, 2.45) is 0 Å². The van der Waals surface area contributed by atoms with Gasteiger partial charge in [0.1, 0.15) is 0 Å². The molecular weight excluding hydrogens is 575 g/mol. The molecule has 7 aromatic carbocycles. The number of benzene rings is 7. The summed E-state index contributed by atoms with van der Waals surface area (Å²) >= 11 is 1.90. The Hall–Kier alpha value is -5.70. The smallest absolute Gasteiger partial charge is 0.0547 e. The number of thiophene rings is 1. The Morgan fingerprint density at radius 1 is 0.348 bits per heavy atom. The lowest BCUT2D eigenvalue weighted by molar-refractivity contribution is 1.18. The maximum absolute atomic E-state index is 2.45. The van der Waals surface area contributed by atoms with Crippen LogP contribution in [-0.2, 0) is 0 Å². The third-order valence-corrected chi connectivity index (χ3v) is 10.3. The molecule has 2 aromatic heterocycles. The second kappa shape index (κ2) is 11.0. The molecule has 0 N–H and O–H groups in total. The maximum atomic E-state index is 2.45. The van der Waals surface area contributed by atoms with Crippen LogP contribution in [-0.4, -0.2) is 4.57 Å². The van der Waals surface area contributed by atoms with Crippen molar-refractivity contribution in [3.05, 3.63) is 176 Å². The van der Waals surface area contributed by atoms with Crippen molar-refractivity contribution < 1.29 is 0 Å². The van der Waals surface area contributed by atoms with Gasteiger partial charge in [0.2, 0.25) is 0 Å². The van der Waals surface area contributed by atoms with Crippen molar-refractivity contribution in [2.45, 2.75) is 0 Å². The van der Waals surface area contributed by atoms with Crippen molar-refractivity contribution in [3.8, 4) is 48.8 Å². The lowest BCUT2D eigenvalue weighted by Crippen LogP contribution is -1.99. The van der Waals surface area contributed by atoms with E-state index in [1.807, 2.05) is 11.3 Å². The molecule has 2 heteroatoms. The number of rotatable bonds is 5. The van der Waals surface area contributed by atoms with Crippen molar-refractivity contribution in [3.63, 3.8) is 0 Å². The highest BCUT2D eigenvalue weighted by Gasteiger charge is 2.22. The monoisotopic (exact) mass is 603 g/mol. The molecule has 0 aliphatic carbocycles. The van der Waals surface area contributed by atoms with Gasteiger partial charge in [-0.15, -0.1) is 11.3 Å². The fourth-order valence-corrected chi connectivity index (χ4v) is 8.29. The predicted octanol–water partition coefficient (Wildman–Crippen LogP) is 12.7. The highest BCUT2D eigenvalue weighted by molar-refractivity contribution is 7.21. The normalized spacial score (nSPS) is 11.5. The minimum Gasteiger partial charge on any atom is -0.309 e. The zero-order chi connectivity index (χ0) is 30.5. The van der Waals surface area contributed by atoms with Crippen LogP contribution in [0.15, 0.2) is 176 Å². The molecule has 0 fully saturated rings. The lowest BCUT2D eigenvalue weighted by atomic mass is 9.94.